The molecule has 2 aromatic heterocycles. The van der Waals surface area contributed by atoms with Crippen molar-refractivity contribution in [2.24, 2.45) is 5.73 Å². The third kappa shape index (κ3) is 5.35. The van der Waals surface area contributed by atoms with Crippen molar-refractivity contribution in [1.29, 1.82) is 0 Å². The number of nitrogens with one attached hydrogen (secondary N) is 1. The number of nitrogens with zero attached hydrogens (tertiary/aromatic N) is 2. The minimum atomic E-state index is -1.23. The number of amides is 3. The maximum absolute atomic E-state index is 14.1. The molecule has 0 radical (unpaired) electrons. The molecule has 10 nitrogen and oxygen atoms in total. The second-order valence-electron chi connectivity index (χ2n) is 9.07. The van der Waals surface area contributed by atoms with Crippen molar-refractivity contribution in [3.05, 3.63) is 58.0 Å². The SMILES string of the molecule is CCC(C)(C)NC(=O)C(c1ccc(C)o1)N(C(=O)c1snc(C(N)=O)c1N)c1cc(C)ccc1OC. The number of hydrogen-bond acceptors (Lipinski definition) is 8. The van der Waals surface area contributed by atoms with Crippen LogP contribution >= 0.6 is 11.5 Å². The van der Waals surface area contributed by atoms with Gasteiger partial charge in [-0.05, 0) is 75.5 Å². The van der Waals surface area contributed by atoms with Crippen LogP contribution in [0.3, 0.4) is 0 Å². The summed E-state index contributed by atoms with van der Waals surface area (Å²) in [4.78, 5) is 41.0. The Labute approximate surface area is 213 Å². The molecule has 1 unspecified atom stereocenters. The van der Waals surface area contributed by atoms with Crippen molar-refractivity contribution in [3.8, 4) is 5.75 Å². The number of hydrogen-bond donors (Lipinski definition) is 3. The Hall–Kier alpha value is -3.86. The number of aryl methyl sites for hydroxylation is 2. The minimum Gasteiger partial charge on any atom is -0.495 e. The summed E-state index contributed by atoms with van der Waals surface area (Å²) in [6, 6.07) is 7.38. The third-order valence-corrected chi connectivity index (χ3v) is 6.70. The predicted molar refractivity (Wildman–Crippen MR) is 138 cm³/mol. The fourth-order valence-corrected chi connectivity index (χ4v) is 4.30. The van der Waals surface area contributed by atoms with E-state index in [0.717, 1.165) is 17.1 Å². The lowest BCUT2D eigenvalue weighted by atomic mass is 10.00. The number of rotatable bonds is 9. The van der Waals surface area contributed by atoms with E-state index in [0.29, 0.717) is 23.6 Å². The summed E-state index contributed by atoms with van der Waals surface area (Å²) in [5.74, 6) is -0.830. The van der Waals surface area contributed by atoms with Crippen molar-refractivity contribution in [2.75, 3.05) is 17.7 Å². The van der Waals surface area contributed by atoms with Gasteiger partial charge in [-0.2, -0.15) is 4.37 Å². The maximum atomic E-state index is 14.1. The molecule has 36 heavy (non-hydrogen) atoms. The van der Waals surface area contributed by atoms with Gasteiger partial charge in [-0.15, -0.1) is 0 Å². The number of methoxy groups -OCH3 is 1. The van der Waals surface area contributed by atoms with Gasteiger partial charge in [-0.25, -0.2) is 0 Å². The molecule has 0 aliphatic heterocycles. The van der Waals surface area contributed by atoms with Crippen LogP contribution in [0.15, 0.2) is 34.7 Å². The largest absolute Gasteiger partial charge is 0.495 e. The molecule has 0 aliphatic carbocycles. The maximum Gasteiger partial charge on any atom is 0.273 e. The van der Waals surface area contributed by atoms with E-state index < -0.39 is 29.3 Å². The molecule has 3 rings (SSSR count). The van der Waals surface area contributed by atoms with E-state index >= 15 is 0 Å². The molecule has 3 amide bonds. The van der Waals surface area contributed by atoms with Gasteiger partial charge in [0.1, 0.15) is 22.1 Å². The van der Waals surface area contributed by atoms with E-state index in [1.165, 1.54) is 12.0 Å². The zero-order chi connectivity index (χ0) is 26.8. The molecule has 0 aliphatic rings. The van der Waals surface area contributed by atoms with Gasteiger partial charge in [0.25, 0.3) is 17.7 Å². The first-order chi connectivity index (χ1) is 16.9. The molecule has 11 heteroatoms. The van der Waals surface area contributed by atoms with Crippen LogP contribution in [0.2, 0.25) is 0 Å². The molecule has 2 heterocycles. The van der Waals surface area contributed by atoms with Gasteiger partial charge in [-0.1, -0.05) is 13.0 Å². The van der Waals surface area contributed by atoms with E-state index in [4.69, 9.17) is 20.6 Å². The number of ether oxygens (including phenoxy) is 1. The van der Waals surface area contributed by atoms with E-state index in [1.807, 2.05) is 33.8 Å². The molecule has 3 aromatic rings. The van der Waals surface area contributed by atoms with Crippen LogP contribution in [0, 0.1) is 13.8 Å². The van der Waals surface area contributed by atoms with Crippen molar-refractivity contribution in [2.45, 2.75) is 52.6 Å². The minimum absolute atomic E-state index is 0.0387. The Kier molecular flexibility index (Phi) is 7.73. The Morgan fingerprint density at radius 3 is 2.44 bits per heavy atom. The summed E-state index contributed by atoms with van der Waals surface area (Å²) < 4.78 is 15.4. The van der Waals surface area contributed by atoms with Crippen LogP contribution in [0.25, 0.3) is 0 Å². The van der Waals surface area contributed by atoms with Gasteiger partial charge in [0.2, 0.25) is 0 Å². The fraction of sp³-hybridized carbons (Fsp3) is 0.360. The molecule has 0 spiro atoms. The summed E-state index contributed by atoms with van der Waals surface area (Å²) in [6.07, 6.45) is 0.647. The van der Waals surface area contributed by atoms with Gasteiger partial charge < -0.3 is 25.9 Å². The number of furan rings is 1. The molecule has 192 valence electrons. The third-order valence-electron chi connectivity index (χ3n) is 5.85. The Morgan fingerprint density at radius 2 is 1.92 bits per heavy atom. The second-order valence-corrected chi connectivity index (χ2v) is 9.84. The molecule has 0 saturated carbocycles. The van der Waals surface area contributed by atoms with Crippen molar-refractivity contribution < 1.29 is 23.5 Å². The number of aromatic nitrogens is 1. The van der Waals surface area contributed by atoms with Crippen LogP contribution in [0.5, 0.6) is 5.75 Å². The van der Waals surface area contributed by atoms with Crippen molar-refractivity contribution in [3.63, 3.8) is 0 Å². The Balaban J connectivity index is 2.29. The number of carbonyl (C=O) groups is 3. The highest BCUT2D eigenvalue weighted by Gasteiger charge is 2.40. The standard InChI is InChI=1S/C25H31N5O5S/c1-7-25(4,5)28-23(32)20(17-11-9-14(3)35-17)30(15-12-13(2)8-10-16(15)34-6)24(33)21-18(26)19(22(27)31)29-36-21/h8-12,20H,7,26H2,1-6H3,(H2,27,31)(H,28,32). The summed E-state index contributed by atoms with van der Waals surface area (Å²) in [6.45, 7) is 9.31. The molecule has 0 bridgehead atoms. The summed E-state index contributed by atoms with van der Waals surface area (Å²) >= 11 is 0.730. The predicted octanol–water partition coefficient (Wildman–Crippen LogP) is 3.74. The molecular formula is C25H31N5O5S. The zero-order valence-electron chi connectivity index (χ0n) is 21.2. The van der Waals surface area contributed by atoms with Crippen molar-refractivity contribution >= 4 is 40.6 Å². The van der Waals surface area contributed by atoms with Crippen LogP contribution in [0.4, 0.5) is 11.4 Å². The number of nitrogen functional groups attached to an aromatic ring is 1. The van der Waals surface area contributed by atoms with Crippen molar-refractivity contribution in [1.82, 2.24) is 9.69 Å². The smallest absolute Gasteiger partial charge is 0.273 e. The quantitative estimate of drug-likeness (QED) is 0.394. The summed E-state index contributed by atoms with van der Waals surface area (Å²) in [5, 5.41) is 3.01. The Bertz CT molecular complexity index is 1300. The molecule has 1 aromatic carbocycles. The lowest BCUT2D eigenvalue weighted by Crippen LogP contribution is -2.50. The highest BCUT2D eigenvalue weighted by Crippen LogP contribution is 2.39. The first-order valence-electron chi connectivity index (χ1n) is 11.3. The normalized spacial score (nSPS) is 12.2. The van der Waals surface area contributed by atoms with Crippen LogP contribution in [-0.2, 0) is 4.79 Å². The Morgan fingerprint density at radius 1 is 1.22 bits per heavy atom. The summed E-state index contributed by atoms with van der Waals surface area (Å²) in [5.41, 5.74) is 11.7. The fourth-order valence-electron chi connectivity index (χ4n) is 3.56. The topological polar surface area (TPSA) is 154 Å². The van der Waals surface area contributed by atoms with E-state index in [1.54, 1.807) is 31.2 Å². The number of nitrogens with two attached hydrogens (primary N) is 2. The van der Waals surface area contributed by atoms with Crippen LogP contribution < -0.4 is 26.4 Å². The molecule has 1 atom stereocenters. The van der Waals surface area contributed by atoms with Crippen LogP contribution in [-0.4, -0.2) is 34.7 Å². The lowest BCUT2D eigenvalue weighted by Gasteiger charge is -2.34. The number of benzene rings is 1. The average Bonchev–Trinajstić information content (AvgIpc) is 3.41. The molecule has 5 N–H and O–H groups in total. The molecule has 0 fully saturated rings. The van der Waals surface area contributed by atoms with E-state index in [-0.39, 0.29) is 22.0 Å². The van der Waals surface area contributed by atoms with Gasteiger partial charge in [0.15, 0.2) is 11.7 Å². The number of carbonyl (C=O) groups excluding carboxylic acids is 3. The molecular weight excluding hydrogens is 482 g/mol. The highest BCUT2D eigenvalue weighted by atomic mass is 32.1. The monoisotopic (exact) mass is 513 g/mol. The first-order valence-corrected chi connectivity index (χ1v) is 12.1. The van der Waals surface area contributed by atoms with Crippen LogP contribution in [0.1, 0.15) is 70.5 Å². The lowest BCUT2D eigenvalue weighted by molar-refractivity contribution is -0.124. The molecule has 0 saturated heterocycles. The first kappa shape index (κ1) is 26.7. The van der Waals surface area contributed by atoms with E-state index in [2.05, 4.69) is 9.69 Å². The summed E-state index contributed by atoms with van der Waals surface area (Å²) in [7, 11) is 1.47. The highest BCUT2D eigenvalue weighted by molar-refractivity contribution is 7.09. The number of primary amides is 1. The van der Waals surface area contributed by atoms with E-state index in [9.17, 15) is 14.4 Å². The van der Waals surface area contributed by atoms with Gasteiger partial charge in [0.05, 0.1) is 18.5 Å². The second kappa shape index (κ2) is 10.4. The van der Waals surface area contributed by atoms with Gasteiger partial charge in [0, 0.05) is 5.54 Å². The average molecular weight is 514 g/mol. The number of anilines is 2. The zero-order valence-corrected chi connectivity index (χ0v) is 22.0. The van der Waals surface area contributed by atoms with Gasteiger partial charge >= 0.3 is 0 Å². The van der Waals surface area contributed by atoms with Gasteiger partial charge in [-0.3, -0.25) is 19.3 Å².